The molecule has 2 rings (SSSR count). The number of hydrogen-bond acceptors (Lipinski definition) is 2. The number of rotatable bonds is 0. The summed E-state index contributed by atoms with van der Waals surface area (Å²) < 4.78 is 5.29. The van der Waals surface area contributed by atoms with Crippen LogP contribution in [0.15, 0.2) is 0 Å². The van der Waals surface area contributed by atoms with Crippen LogP contribution in [0.3, 0.4) is 0 Å². The number of likely N-dealkylation sites (tertiary alicyclic amines) is 1. The van der Waals surface area contributed by atoms with Gasteiger partial charge in [0.15, 0.2) is 0 Å². The smallest absolute Gasteiger partial charge is 0.410 e. The molecule has 0 aromatic rings. The van der Waals surface area contributed by atoms with Crippen molar-refractivity contribution in [3.05, 3.63) is 0 Å². The molecule has 0 bridgehead atoms. The summed E-state index contributed by atoms with van der Waals surface area (Å²) in [5.74, 6) is 0. The molecule has 0 atom stereocenters. The first kappa shape index (κ1) is 9.81. The third-order valence-electron chi connectivity index (χ3n) is 3.12. The van der Waals surface area contributed by atoms with Crippen LogP contribution >= 0.6 is 0 Å². The fraction of sp³-hybridized carbons (Fsp3) is 0.909. The van der Waals surface area contributed by atoms with Crippen LogP contribution in [0.25, 0.3) is 0 Å². The van der Waals surface area contributed by atoms with E-state index in [1.54, 1.807) is 0 Å². The normalized spacial score (nSPS) is 24.1. The minimum atomic E-state index is -0.362. The topological polar surface area (TPSA) is 29.5 Å². The van der Waals surface area contributed by atoms with Gasteiger partial charge in [-0.2, -0.15) is 0 Å². The van der Waals surface area contributed by atoms with Gasteiger partial charge in [-0.05, 0) is 33.6 Å². The molecule has 2 aliphatic rings. The van der Waals surface area contributed by atoms with Crippen molar-refractivity contribution in [1.82, 2.24) is 4.90 Å². The third kappa shape index (κ3) is 1.72. The first-order valence-corrected chi connectivity index (χ1v) is 5.38. The van der Waals surface area contributed by atoms with E-state index < -0.39 is 0 Å². The second-order valence-electron chi connectivity index (χ2n) is 5.69. The minimum absolute atomic E-state index is 0.143. The Morgan fingerprint density at radius 3 is 2.21 bits per heavy atom. The number of carbonyl (C=O) groups is 1. The van der Waals surface area contributed by atoms with E-state index in [-0.39, 0.29) is 11.7 Å². The Morgan fingerprint density at radius 2 is 1.86 bits per heavy atom. The highest BCUT2D eigenvalue weighted by Gasteiger charge is 2.49. The molecule has 0 aromatic heterocycles. The highest BCUT2D eigenvalue weighted by molar-refractivity contribution is 5.69. The summed E-state index contributed by atoms with van der Waals surface area (Å²) in [5, 5.41) is 0. The molecule has 3 heteroatoms. The highest BCUT2D eigenvalue weighted by Crippen LogP contribution is 2.48. The van der Waals surface area contributed by atoms with Crippen molar-refractivity contribution in [3.8, 4) is 0 Å². The van der Waals surface area contributed by atoms with E-state index in [1.807, 2.05) is 25.7 Å². The lowest BCUT2D eigenvalue weighted by atomic mass is 9.64. The van der Waals surface area contributed by atoms with Gasteiger partial charge in [-0.1, -0.05) is 6.42 Å². The van der Waals surface area contributed by atoms with Gasteiger partial charge in [0.05, 0.1) is 0 Å². The van der Waals surface area contributed by atoms with Crippen molar-refractivity contribution >= 4 is 6.09 Å². The lowest BCUT2D eigenvalue weighted by molar-refractivity contribution is -0.0690. The van der Waals surface area contributed by atoms with E-state index in [1.165, 1.54) is 19.3 Å². The van der Waals surface area contributed by atoms with Crippen LogP contribution in [0, 0.1) is 5.41 Å². The van der Waals surface area contributed by atoms with Crippen LogP contribution in [-0.4, -0.2) is 29.7 Å². The zero-order valence-electron chi connectivity index (χ0n) is 9.30. The molecular formula is C11H19NO2. The highest BCUT2D eigenvalue weighted by atomic mass is 16.6. The largest absolute Gasteiger partial charge is 0.444 e. The van der Waals surface area contributed by atoms with Gasteiger partial charge in [0.25, 0.3) is 0 Å². The molecule has 0 N–H and O–H groups in total. The number of ether oxygens (including phenoxy) is 1. The van der Waals surface area contributed by atoms with Gasteiger partial charge in [0.2, 0.25) is 0 Å². The quantitative estimate of drug-likeness (QED) is 0.597. The Labute approximate surface area is 85.4 Å². The minimum Gasteiger partial charge on any atom is -0.444 e. The van der Waals surface area contributed by atoms with E-state index in [4.69, 9.17) is 4.74 Å². The molecule has 3 nitrogen and oxygen atoms in total. The molecule has 1 aliphatic carbocycles. The van der Waals surface area contributed by atoms with Crippen molar-refractivity contribution < 1.29 is 9.53 Å². The second kappa shape index (κ2) is 2.88. The maximum atomic E-state index is 11.6. The van der Waals surface area contributed by atoms with Gasteiger partial charge in [-0.15, -0.1) is 0 Å². The first-order chi connectivity index (χ1) is 6.40. The summed E-state index contributed by atoms with van der Waals surface area (Å²) >= 11 is 0. The maximum Gasteiger partial charge on any atom is 0.410 e. The molecule has 1 saturated heterocycles. The first-order valence-electron chi connectivity index (χ1n) is 5.38. The molecule has 1 heterocycles. The fourth-order valence-electron chi connectivity index (χ4n) is 2.21. The lowest BCUT2D eigenvalue weighted by Gasteiger charge is -2.55. The molecule has 0 radical (unpaired) electrons. The van der Waals surface area contributed by atoms with Crippen LogP contribution < -0.4 is 0 Å². The van der Waals surface area contributed by atoms with Crippen molar-refractivity contribution in [1.29, 1.82) is 0 Å². The van der Waals surface area contributed by atoms with Crippen LogP contribution in [0.4, 0.5) is 4.79 Å². The number of amides is 1. The summed E-state index contributed by atoms with van der Waals surface area (Å²) in [6, 6.07) is 0. The predicted molar refractivity (Wildman–Crippen MR) is 54.1 cm³/mol. The molecule has 80 valence electrons. The van der Waals surface area contributed by atoms with Gasteiger partial charge in [0.1, 0.15) is 5.60 Å². The van der Waals surface area contributed by atoms with Crippen LogP contribution in [0.1, 0.15) is 40.0 Å². The predicted octanol–water partition coefficient (Wildman–Crippen LogP) is 2.41. The Bertz CT molecular complexity index is 243. The lowest BCUT2D eigenvalue weighted by Crippen LogP contribution is -2.62. The standard InChI is InChI=1S/C11H19NO2/c1-10(2,3)14-9(13)12-7-11(8-12)5-4-6-11/h4-8H2,1-3H3. The van der Waals surface area contributed by atoms with Gasteiger partial charge in [-0.25, -0.2) is 4.79 Å². The van der Waals surface area contributed by atoms with E-state index in [9.17, 15) is 4.79 Å². The number of nitrogens with zero attached hydrogens (tertiary/aromatic N) is 1. The summed E-state index contributed by atoms with van der Waals surface area (Å²) in [5.41, 5.74) is 0.135. The maximum absolute atomic E-state index is 11.6. The second-order valence-corrected chi connectivity index (χ2v) is 5.69. The summed E-state index contributed by atoms with van der Waals surface area (Å²) in [6.07, 6.45) is 3.79. The summed E-state index contributed by atoms with van der Waals surface area (Å²) in [4.78, 5) is 13.4. The molecule has 1 saturated carbocycles. The average molecular weight is 197 g/mol. The molecule has 1 aliphatic heterocycles. The number of carbonyl (C=O) groups excluding carboxylic acids is 1. The molecule has 1 spiro atoms. The van der Waals surface area contributed by atoms with Crippen molar-refractivity contribution in [2.24, 2.45) is 5.41 Å². The molecule has 14 heavy (non-hydrogen) atoms. The summed E-state index contributed by atoms with van der Waals surface area (Å²) in [7, 11) is 0. The third-order valence-corrected chi connectivity index (χ3v) is 3.12. The van der Waals surface area contributed by atoms with E-state index >= 15 is 0 Å². The van der Waals surface area contributed by atoms with Gasteiger partial charge in [0, 0.05) is 18.5 Å². The molecular weight excluding hydrogens is 178 g/mol. The average Bonchev–Trinajstić information content (AvgIpc) is 1.74. The van der Waals surface area contributed by atoms with E-state index in [2.05, 4.69) is 0 Å². The van der Waals surface area contributed by atoms with Crippen molar-refractivity contribution in [2.45, 2.75) is 45.6 Å². The van der Waals surface area contributed by atoms with E-state index in [0.717, 1.165) is 13.1 Å². The SMILES string of the molecule is CC(C)(C)OC(=O)N1CC2(CCC2)C1. The van der Waals surface area contributed by atoms with Crippen LogP contribution in [0.5, 0.6) is 0 Å². The van der Waals surface area contributed by atoms with Crippen LogP contribution in [-0.2, 0) is 4.74 Å². The zero-order valence-corrected chi connectivity index (χ0v) is 9.30. The fourth-order valence-corrected chi connectivity index (χ4v) is 2.21. The number of hydrogen-bond donors (Lipinski definition) is 0. The Balaban J connectivity index is 1.79. The van der Waals surface area contributed by atoms with Crippen LogP contribution in [0.2, 0.25) is 0 Å². The zero-order chi connectivity index (χ0) is 10.4. The monoisotopic (exact) mass is 197 g/mol. The Hall–Kier alpha value is -0.730. The Kier molecular flexibility index (Phi) is 2.02. The molecule has 0 aromatic carbocycles. The van der Waals surface area contributed by atoms with Gasteiger partial charge >= 0.3 is 6.09 Å². The van der Waals surface area contributed by atoms with Gasteiger partial charge < -0.3 is 9.64 Å². The van der Waals surface area contributed by atoms with Gasteiger partial charge in [-0.3, -0.25) is 0 Å². The Morgan fingerprint density at radius 1 is 1.29 bits per heavy atom. The van der Waals surface area contributed by atoms with Crippen molar-refractivity contribution in [3.63, 3.8) is 0 Å². The van der Waals surface area contributed by atoms with E-state index in [0.29, 0.717) is 5.41 Å². The molecule has 0 unspecified atom stereocenters. The molecule has 1 amide bonds. The molecule has 2 fully saturated rings. The van der Waals surface area contributed by atoms with Crippen molar-refractivity contribution in [2.75, 3.05) is 13.1 Å². The summed E-state index contributed by atoms with van der Waals surface area (Å²) in [6.45, 7) is 7.56.